The summed E-state index contributed by atoms with van der Waals surface area (Å²) < 4.78 is 0. The lowest BCUT2D eigenvalue weighted by Gasteiger charge is -2.28. The first-order valence-electron chi connectivity index (χ1n) is 9.97. The van der Waals surface area contributed by atoms with Crippen molar-refractivity contribution in [1.82, 2.24) is 20.9 Å². The number of nitrogens with two attached hydrogens (primary N) is 1. The molecule has 0 aromatic heterocycles. The number of rotatable bonds is 10. The van der Waals surface area contributed by atoms with Crippen LogP contribution in [0.2, 0.25) is 0 Å². The van der Waals surface area contributed by atoms with E-state index in [0.717, 1.165) is 11.3 Å². The van der Waals surface area contributed by atoms with Crippen LogP contribution in [0, 0.1) is 0 Å². The highest BCUT2D eigenvalue weighted by molar-refractivity contribution is 5.97. The number of likely N-dealkylation sites (tertiary alicyclic amines) is 1. The SMILES string of the molecule is NC(=O)CC(NC(=O)C1CCCN1)C(=O)NC(CC(=O)O)C(=O)N1CCCC1C(=O)O. The number of amides is 4. The monoisotopic (exact) mass is 441 g/mol. The zero-order valence-electron chi connectivity index (χ0n) is 16.8. The molecule has 0 saturated carbocycles. The molecule has 0 aliphatic carbocycles. The van der Waals surface area contributed by atoms with E-state index in [1.165, 1.54) is 0 Å². The molecule has 2 rings (SSSR count). The molecular weight excluding hydrogens is 414 g/mol. The maximum atomic E-state index is 12.8. The largest absolute Gasteiger partial charge is 0.481 e. The third-order valence-electron chi connectivity index (χ3n) is 5.23. The number of hydrogen-bond acceptors (Lipinski definition) is 7. The predicted octanol–water partition coefficient (Wildman–Crippen LogP) is -2.87. The highest BCUT2D eigenvalue weighted by Gasteiger charge is 2.39. The Morgan fingerprint density at radius 2 is 1.71 bits per heavy atom. The normalized spacial score (nSPS) is 22.4. The summed E-state index contributed by atoms with van der Waals surface area (Å²) in [7, 11) is 0. The molecule has 0 radical (unpaired) electrons. The Balaban J connectivity index is 2.13. The van der Waals surface area contributed by atoms with Gasteiger partial charge in [0.05, 0.1) is 18.9 Å². The Morgan fingerprint density at radius 1 is 1.00 bits per heavy atom. The van der Waals surface area contributed by atoms with Gasteiger partial charge in [0.15, 0.2) is 0 Å². The maximum Gasteiger partial charge on any atom is 0.326 e. The van der Waals surface area contributed by atoms with Crippen molar-refractivity contribution < 1.29 is 39.0 Å². The van der Waals surface area contributed by atoms with E-state index in [0.29, 0.717) is 19.4 Å². The van der Waals surface area contributed by atoms with Crippen LogP contribution in [0.1, 0.15) is 38.5 Å². The van der Waals surface area contributed by atoms with Crippen LogP contribution in [0.3, 0.4) is 0 Å². The van der Waals surface area contributed by atoms with Gasteiger partial charge in [0.25, 0.3) is 0 Å². The van der Waals surface area contributed by atoms with E-state index in [-0.39, 0.29) is 13.0 Å². The van der Waals surface area contributed by atoms with E-state index in [2.05, 4.69) is 16.0 Å². The second-order valence-corrected chi connectivity index (χ2v) is 7.57. The van der Waals surface area contributed by atoms with Gasteiger partial charge < -0.3 is 36.8 Å². The highest BCUT2D eigenvalue weighted by Crippen LogP contribution is 2.19. The summed E-state index contributed by atoms with van der Waals surface area (Å²) in [5, 5.41) is 26.0. The smallest absolute Gasteiger partial charge is 0.326 e. The van der Waals surface area contributed by atoms with E-state index >= 15 is 0 Å². The molecule has 2 saturated heterocycles. The molecule has 4 unspecified atom stereocenters. The predicted molar refractivity (Wildman–Crippen MR) is 103 cm³/mol. The Bertz CT molecular complexity index is 751. The van der Waals surface area contributed by atoms with Crippen molar-refractivity contribution in [3.05, 3.63) is 0 Å². The first-order valence-corrected chi connectivity index (χ1v) is 9.97. The average molecular weight is 441 g/mol. The van der Waals surface area contributed by atoms with Crippen LogP contribution >= 0.6 is 0 Å². The minimum absolute atomic E-state index is 0.108. The third-order valence-corrected chi connectivity index (χ3v) is 5.23. The summed E-state index contributed by atoms with van der Waals surface area (Å²) in [6, 6.07) is -4.64. The van der Waals surface area contributed by atoms with Crippen LogP contribution in [0.25, 0.3) is 0 Å². The van der Waals surface area contributed by atoms with Gasteiger partial charge in [0, 0.05) is 6.54 Å². The van der Waals surface area contributed by atoms with Crippen LogP contribution in [-0.4, -0.2) is 87.9 Å². The Kier molecular flexibility index (Phi) is 8.30. The van der Waals surface area contributed by atoms with Crippen molar-refractivity contribution >= 4 is 35.6 Å². The van der Waals surface area contributed by atoms with Crippen molar-refractivity contribution in [2.45, 2.75) is 62.7 Å². The van der Waals surface area contributed by atoms with Crippen molar-refractivity contribution in [1.29, 1.82) is 0 Å². The Hall–Kier alpha value is -3.22. The molecule has 2 heterocycles. The number of carboxylic acids is 2. The summed E-state index contributed by atoms with van der Waals surface area (Å²) in [6.07, 6.45) is 0.590. The minimum atomic E-state index is -1.57. The summed E-state index contributed by atoms with van der Waals surface area (Å²) in [6.45, 7) is 0.733. The lowest BCUT2D eigenvalue weighted by atomic mass is 10.1. The first kappa shape index (κ1) is 24.1. The number of hydrogen-bond donors (Lipinski definition) is 6. The zero-order chi connectivity index (χ0) is 23.1. The Labute approximate surface area is 177 Å². The number of nitrogens with zero attached hydrogens (tertiary/aromatic N) is 1. The lowest BCUT2D eigenvalue weighted by Crippen LogP contribution is -2.58. The molecule has 172 valence electrons. The topological polar surface area (TPSA) is 208 Å². The molecule has 2 aliphatic heterocycles. The van der Waals surface area contributed by atoms with E-state index in [4.69, 9.17) is 10.8 Å². The van der Waals surface area contributed by atoms with Gasteiger partial charge in [-0.05, 0) is 32.2 Å². The van der Waals surface area contributed by atoms with E-state index in [1.807, 2.05) is 0 Å². The summed E-state index contributed by atoms with van der Waals surface area (Å²) in [5.41, 5.74) is 5.16. The summed E-state index contributed by atoms with van der Waals surface area (Å²) >= 11 is 0. The van der Waals surface area contributed by atoms with E-state index in [9.17, 15) is 33.9 Å². The highest BCUT2D eigenvalue weighted by atomic mass is 16.4. The molecule has 31 heavy (non-hydrogen) atoms. The molecule has 0 bridgehead atoms. The fourth-order valence-electron chi connectivity index (χ4n) is 3.73. The molecule has 13 nitrogen and oxygen atoms in total. The van der Waals surface area contributed by atoms with Crippen molar-refractivity contribution in [3.63, 3.8) is 0 Å². The average Bonchev–Trinajstić information content (AvgIpc) is 3.37. The van der Waals surface area contributed by atoms with Crippen LogP contribution in [-0.2, 0) is 28.8 Å². The van der Waals surface area contributed by atoms with Gasteiger partial charge in [-0.1, -0.05) is 0 Å². The number of primary amides is 1. The van der Waals surface area contributed by atoms with Crippen LogP contribution in [0.4, 0.5) is 0 Å². The Morgan fingerprint density at radius 3 is 2.26 bits per heavy atom. The molecule has 7 N–H and O–H groups in total. The molecule has 13 heteroatoms. The molecule has 0 spiro atoms. The van der Waals surface area contributed by atoms with E-state index in [1.54, 1.807) is 0 Å². The van der Waals surface area contributed by atoms with Crippen molar-refractivity contribution in [2.75, 3.05) is 13.1 Å². The van der Waals surface area contributed by atoms with Gasteiger partial charge in [-0.3, -0.25) is 24.0 Å². The quantitative estimate of drug-likeness (QED) is 0.206. The molecule has 4 amide bonds. The minimum Gasteiger partial charge on any atom is -0.481 e. The molecule has 0 aromatic carbocycles. The van der Waals surface area contributed by atoms with Crippen LogP contribution in [0.5, 0.6) is 0 Å². The fourth-order valence-corrected chi connectivity index (χ4v) is 3.73. The van der Waals surface area contributed by atoms with E-state index < -0.39 is 72.6 Å². The van der Waals surface area contributed by atoms with Crippen LogP contribution < -0.4 is 21.7 Å². The number of nitrogens with one attached hydrogen (secondary N) is 3. The third kappa shape index (κ3) is 6.64. The molecule has 2 fully saturated rings. The zero-order valence-corrected chi connectivity index (χ0v) is 16.8. The van der Waals surface area contributed by atoms with Gasteiger partial charge in [0.2, 0.25) is 23.6 Å². The molecule has 4 atom stereocenters. The maximum absolute atomic E-state index is 12.8. The van der Waals surface area contributed by atoms with Gasteiger partial charge >= 0.3 is 11.9 Å². The standard InChI is InChI=1S/C18H27N5O8/c19-13(24)7-10(21-15(27)9-3-1-5-20-9)16(28)22-11(8-14(25)26)17(29)23-6-2-4-12(23)18(30)31/h9-12,20H,1-8H2,(H2,19,24)(H,21,27)(H,22,28)(H,25,26)(H,30,31). The van der Waals surface area contributed by atoms with Crippen LogP contribution in [0.15, 0.2) is 0 Å². The van der Waals surface area contributed by atoms with Gasteiger partial charge in [-0.25, -0.2) is 4.79 Å². The van der Waals surface area contributed by atoms with Gasteiger partial charge in [-0.15, -0.1) is 0 Å². The molecule has 0 aromatic rings. The molecular formula is C18H27N5O8. The number of carboxylic acid groups (broad SMARTS) is 2. The van der Waals surface area contributed by atoms with Gasteiger partial charge in [0.1, 0.15) is 18.1 Å². The number of carbonyl (C=O) groups is 6. The summed E-state index contributed by atoms with van der Waals surface area (Å²) in [4.78, 5) is 72.8. The second kappa shape index (κ2) is 10.7. The molecule has 2 aliphatic rings. The lowest BCUT2D eigenvalue weighted by molar-refractivity contribution is -0.150. The van der Waals surface area contributed by atoms with Gasteiger partial charge in [-0.2, -0.15) is 0 Å². The number of aliphatic carboxylic acids is 2. The summed E-state index contributed by atoms with van der Waals surface area (Å²) in [5.74, 6) is -5.85. The van der Waals surface area contributed by atoms with Crippen molar-refractivity contribution in [2.24, 2.45) is 5.73 Å². The van der Waals surface area contributed by atoms with Crippen molar-refractivity contribution in [3.8, 4) is 0 Å². The second-order valence-electron chi connectivity index (χ2n) is 7.57. The fraction of sp³-hybridized carbons (Fsp3) is 0.667. The first-order chi connectivity index (χ1) is 14.6. The number of carbonyl (C=O) groups excluding carboxylic acids is 4.